The van der Waals surface area contributed by atoms with E-state index >= 15 is 0 Å². The Morgan fingerprint density at radius 2 is 1.91 bits per heavy atom. The van der Waals surface area contributed by atoms with Crippen LogP contribution < -0.4 is 24.8 Å². The predicted octanol–water partition coefficient (Wildman–Crippen LogP) is 3.34. The van der Waals surface area contributed by atoms with Crippen LogP contribution in [0.5, 0.6) is 23.0 Å². The lowest BCUT2D eigenvalue weighted by atomic mass is 10.1. The van der Waals surface area contributed by atoms with Crippen LogP contribution in [0.2, 0.25) is 0 Å². The van der Waals surface area contributed by atoms with Gasteiger partial charge in [-0.05, 0) is 88.3 Å². The SMILES string of the molecule is CC1CCCN1.CNCCc1ccc2c(c1)OCCO2.O=CCCOc1ccc(O)cc1. The fraction of sp³-hybridized carbons (Fsp3) is 0.480. The van der Waals surface area contributed by atoms with Crippen molar-refractivity contribution in [1.82, 2.24) is 10.6 Å². The average Bonchev–Trinajstić information content (AvgIpc) is 3.31. The molecule has 3 N–H and O–H groups in total. The zero-order chi connectivity index (χ0) is 23.0. The zero-order valence-corrected chi connectivity index (χ0v) is 19.1. The maximum absolute atomic E-state index is 9.93. The number of phenolic OH excluding ortho intramolecular Hbond substituents is 1. The number of carbonyl (C=O) groups is 1. The number of hydrogen-bond acceptors (Lipinski definition) is 7. The summed E-state index contributed by atoms with van der Waals surface area (Å²) in [5.41, 5.74) is 1.28. The highest BCUT2D eigenvalue weighted by Gasteiger charge is 2.11. The van der Waals surface area contributed by atoms with Crippen molar-refractivity contribution in [3.05, 3.63) is 48.0 Å². The van der Waals surface area contributed by atoms with Crippen molar-refractivity contribution in [2.75, 3.05) is 40.0 Å². The Kier molecular flexibility index (Phi) is 12.0. The van der Waals surface area contributed by atoms with Gasteiger partial charge in [0, 0.05) is 12.5 Å². The van der Waals surface area contributed by atoms with Gasteiger partial charge in [-0.3, -0.25) is 0 Å². The van der Waals surface area contributed by atoms with Crippen LogP contribution in [0.3, 0.4) is 0 Å². The molecule has 0 amide bonds. The lowest BCUT2D eigenvalue weighted by molar-refractivity contribution is -0.108. The molecule has 176 valence electrons. The van der Waals surface area contributed by atoms with E-state index < -0.39 is 0 Å². The van der Waals surface area contributed by atoms with E-state index in [1.54, 1.807) is 12.1 Å². The standard InChI is InChI=1S/C11H15NO2.C9H10O3.C5H11N/c1-12-5-4-9-2-3-10-11(8-9)14-7-6-13-10;10-6-1-7-12-9-4-2-8(11)3-5-9;1-5-3-2-4-6-5/h2-3,8,12H,4-7H2,1H3;2-6,11H,1,7H2;5-6H,2-4H2,1H3. The summed E-state index contributed by atoms with van der Waals surface area (Å²) in [6, 6.07) is 13.3. The van der Waals surface area contributed by atoms with E-state index in [4.69, 9.17) is 19.3 Å². The number of benzene rings is 2. The van der Waals surface area contributed by atoms with Gasteiger partial charge in [0.2, 0.25) is 0 Å². The molecule has 2 aliphatic heterocycles. The number of aldehydes is 1. The maximum Gasteiger partial charge on any atom is 0.161 e. The van der Waals surface area contributed by atoms with Gasteiger partial charge < -0.3 is 34.7 Å². The molecule has 32 heavy (non-hydrogen) atoms. The van der Waals surface area contributed by atoms with Crippen molar-refractivity contribution >= 4 is 6.29 Å². The van der Waals surface area contributed by atoms with Gasteiger partial charge in [0.15, 0.2) is 11.5 Å². The smallest absolute Gasteiger partial charge is 0.161 e. The molecule has 7 heteroatoms. The highest BCUT2D eigenvalue weighted by Crippen LogP contribution is 2.30. The van der Waals surface area contributed by atoms with Gasteiger partial charge in [-0.25, -0.2) is 0 Å². The van der Waals surface area contributed by atoms with E-state index in [1.165, 1.54) is 37.1 Å². The normalized spacial score (nSPS) is 16.1. The topological polar surface area (TPSA) is 89.0 Å². The molecule has 0 spiro atoms. The Bertz CT molecular complexity index is 776. The Labute approximate surface area is 191 Å². The molecule has 0 aromatic heterocycles. The Balaban J connectivity index is 0.000000183. The number of rotatable bonds is 7. The molecule has 0 radical (unpaired) electrons. The van der Waals surface area contributed by atoms with Crippen LogP contribution in [0.4, 0.5) is 0 Å². The number of aromatic hydroxyl groups is 1. The second kappa shape index (κ2) is 15.1. The highest BCUT2D eigenvalue weighted by atomic mass is 16.6. The van der Waals surface area contributed by atoms with Crippen LogP contribution in [-0.4, -0.2) is 57.4 Å². The minimum Gasteiger partial charge on any atom is -0.508 e. The monoisotopic (exact) mass is 444 g/mol. The summed E-state index contributed by atoms with van der Waals surface area (Å²) in [5.74, 6) is 2.61. The van der Waals surface area contributed by atoms with Crippen molar-refractivity contribution in [2.24, 2.45) is 0 Å². The molecular formula is C25H36N2O5. The molecule has 2 aromatic carbocycles. The lowest BCUT2D eigenvalue weighted by Gasteiger charge is -2.18. The molecule has 1 saturated heterocycles. The van der Waals surface area contributed by atoms with Gasteiger partial charge in [-0.1, -0.05) is 6.07 Å². The molecule has 0 bridgehead atoms. The highest BCUT2D eigenvalue weighted by molar-refractivity contribution is 5.49. The van der Waals surface area contributed by atoms with Crippen molar-refractivity contribution in [3.8, 4) is 23.0 Å². The van der Waals surface area contributed by atoms with Crippen molar-refractivity contribution in [1.29, 1.82) is 0 Å². The summed E-state index contributed by atoms with van der Waals surface area (Å²) >= 11 is 0. The number of hydrogen-bond donors (Lipinski definition) is 3. The van der Waals surface area contributed by atoms with Crippen LogP contribution in [0, 0.1) is 0 Å². The molecule has 0 aliphatic carbocycles. The molecule has 4 rings (SSSR count). The van der Waals surface area contributed by atoms with E-state index in [2.05, 4.69) is 29.7 Å². The zero-order valence-electron chi connectivity index (χ0n) is 19.1. The van der Waals surface area contributed by atoms with E-state index in [-0.39, 0.29) is 5.75 Å². The first-order valence-electron chi connectivity index (χ1n) is 11.2. The molecule has 2 aromatic rings. The first-order chi connectivity index (χ1) is 15.6. The minimum atomic E-state index is 0.206. The Morgan fingerprint density at radius 3 is 2.50 bits per heavy atom. The summed E-state index contributed by atoms with van der Waals surface area (Å²) in [6.45, 7) is 6.15. The third-order valence-electron chi connectivity index (χ3n) is 4.92. The van der Waals surface area contributed by atoms with Crippen molar-refractivity contribution < 1.29 is 24.1 Å². The van der Waals surface area contributed by atoms with Crippen molar-refractivity contribution in [2.45, 2.75) is 38.6 Å². The molecule has 1 fully saturated rings. The van der Waals surface area contributed by atoms with Gasteiger partial charge in [0.25, 0.3) is 0 Å². The van der Waals surface area contributed by atoms with Gasteiger partial charge in [0.05, 0.1) is 6.61 Å². The van der Waals surface area contributed by atoms with E-state index in [0.717, 1.165) is 36.8 Å². The van der Waals surface area contributed by atoms with Gasteiger partial charge in [0.1, 0.15) is 31.0 Å². The summed E-state index contributed by atoms with van der Waals surface area (Å²) in [6.07, 6.45) is 4.97. The lowest BCUT2D eigenvalue weighted by Crippen LogP contribution is -2.16. The quantitative estimate of drug-likeness (QED) is 0.446. The second-order valence-corrected chi connectivity index (χ2v) is 7.63. The molecule has 7 nitrogen and oxygen atoms in total. The summed E-state index contributed by atoms with van der Waals surface area (Å²) < 4.78 is 16.1. The number of fused-ring (bicyclic) bond motifs is 1. The van der Waals surface area contributed by atoms with E-state index in [0.29, 0.717) is 32.0 Å². The third kappa shape index (κ3) is 10.0. The number of nitrogens with one attached hydrogen (secondary N) is 2. The van der Waals surface area contributed by atoms with Crippen LogP contribution in [0.1, 0.15) is 31.7 Å². The molecule has 2 aliphatic rings. The summed E-state index contributed by atoms with van der Waals surface area (Å²) in [7, 11) is 1.96. The van der Waals surface area contributed by atoms with Gasteiger partial charge in [-0.15, -0.1) is 0 Å². The van der Waals surface area contributed by atoms with E-state index in [1.807, 2.05) is 13.1 Å². The second-order valence-electron chi connectivity index (χ2n) is 7.63. The summed E-state index contributed by atoms with van der Waals surface area (Å²) in [4.78, 5) is 9.93. The number of phenols is 1. The fourth-order valence-electron chi connectivity index (χ4n) is 3.14. The first kappa shape index (κ1) is 25.5. The van der Waals surface area contributed by atoms with Gasteiger partial charge >= 0.3 is 0 Å². The predicted molar refractivity (Wildman–Crippen MR) is 126 cm³/mol. The van der Waals surface area contributed by atoms with Crippen molar-refractivity contribution in [3.63, 3.8) is 0 Å². The molecule has 0 saturated carbocycles. The Hall–Kier alpha value is -2.77. The average molecular weight is 445 g/mol. The number of ether oxygens (including phenoxy) is 3. The summed E-state index contributed by atoms with van der Waals surface area (Å²) in [5, 5.41) is 15.4. The van der Waals surface area contributed by atoms with Crippen LogP contribution >= 0.6 is 0 Å². The Morgan fingerprint density at radius 1 is 1.16 bits per heavy atom. The maximum atomic E-state index is 9.93. The van der Waals surface area contributed by atoms with Crippen LogP contribution in [0.15, 0.2) is 42.5 Å². The molecule has 1 unspecified atom stereocenters. The molecule has 1 atom stereocenters. The fourth-order valence-corrected chi connectivity index (χ4v) is 3.14. The minimum absolute atomic E-state index is 0.206. The first-order valence-corrected chi connectivity index (χ1v) is 11.2. The van der Waals surface area contributed by atoms with Crippen LogP contribution in [-0.2, 0) is 11.2 Å². The number of likely N-dealkylation sites (N-methyl/N-ethyl adjacent to an activating group) is 1. The van der Waals surface area contributed by atoms with Gasteiger partial charge in [-0.2, -0.15) is 0 Å². The largest absolute Gasteiger partial charge is 0.508 e. The number of carbonyl (C=O) groups excluding carboxylic acids is 1. The molecule has 2 heterocycles. The van der Waals surface area contributed by atoms with E-state index in [9.17, 15) is 4.79 Å². The molecular weight excluding hydrogens is 408 g/mol. The third-order valence-corrected chi connectivity index (χ3v) is 4.92. The van der Waals surface area contributed by atoms with Crippen LogP contribution in [0.25, 0.3) is 0 Å².